The van der Waals surface area contributed by atoms with Crippen molar-refractivity contribution in [1.29, 1.82) is 5.26 Å². The molecule has 1 amide bonds. The van der Waals surface area contributed by atoms with Gasteiger partial charge in [0.1, 0.15) is 5.92 Å². The molecule has 3 nitrogen and oxygen atoms in total. The molecule has 2 unspecified atom stereocenters. The molecule has 15 heavy (non-hydrogen) atoms. The summed E-state index contributed by atoms with van der Waals surface area (Å²) in [6.07, 6.45) is 3.77. The summed E-state index contributed by atoms with van der Waals surface area (Å²) in [6, 6.07) is 2.35. The average Bonchev–Trinajstić information content (AvgIpc) is 2.27. The molecule has 4 heteroatoms. The first-order valence-electron chi connectivity index (χ1n) is 5.55. The Morgan fingerprint density at radius 2 is 2.53 bits per heavy atom. The number of carbonyl (C=O) groups excluding carboxylic acids is 1. The molecule has 0 aromatic heterocycles. The molecule has 1 saturated heterocycles. The maximum atomic E-state index is 11.7. The van der Waals surface area contributed by atoms with E-state index >= 15 is 0 Å². The predicted molar refractivity (Wildman–Crippen MR) is 62.5 cm³/mol. The number of nitrogens with one attached hydrogen (secondary N) is 1. The zero-order valence-corrected chi connectivity index (χ0v) is 9.98. The van der Waals surface area contributed by atoms with Crippen LogP contribution in [-0.4, -0.2) is 23.5 Å². The number of nitriles is 1. The van der Waals surface area contributed by atoms with Crippen LogP contribution >= 0.6 is 11.8 Å². The lowest BCUT2D eigenvalue weighted by molar-refractivity contribution is -0.124. The van der Waals surface area contributed by atoms with Crippen LogP contribution in [0.1, 0.15) is 32.6 Å². The minimum atomic E-state index is -0.457. The van der Waals surface area contributed by atoms with Gasteiger partial charge in [0, 0.05) is 11.8 Å². The van der Waals surface area contributed by atoms with E-state index in [2.05, 4.69) is 11.4 Å². The van der Waals surface area contributed by atoms with E-state index in [0.717, 1.165) is 18.6 Å². The van der Waals surface area contributed by atoms with Gasteiger partial charge < -0.3 is 5.32 Å². The molecule has 1 N–H and O–H groups in total. The summed E-state index contributed by atoms with van der Waals surface area (Å²) in [5.74, 6) is 1.66. The Labute approximate surface area is 95.6 Å². The molecule has 0 radical (unpaired) electrons. The largest absolute Gasteiger partial charge is 0.351 e. The first-order chi connectivity index (χ1) is 7.27. The van der Waals surface area contributed by atoms with Gasteiger partial charge in [0.25, 0.3) is 0 Å². The van der Waals surface area contributed by atoms with Crippen molar-refractivity contribution in [3.8, 4) is 6.07 Å². The van der Waals surface area contributed by atoms with Crippen LogP contribution in [0.4, 0.5) is 0 Å². The molecule has 1 fully saturated rings. The second-order valence-corrected chi connectivity index (χ2v) is 5.04. The fourth-order valence-electron chi connectivity index (χ4n) is 1.70. The van der Waals surface area contributed by atoms with Gasteiger partial charge in [0.05, 0.1) is 6.07 Å². The van der Waals surface area contributed by atoms with Crippen molar-refractivity contribution in [2.24, 2.45) is 5.92 Å². The molecule has 2 atom stereocenters. The summed E-state index contributed by atoms with van der Waals surface area (Å²) < 4.78 is 0. The molecule has 0 aromatic carbocycles. The van der Waals surface area contributed by atoms with Crippen molar-refractivity contribution in [3.63, 3.8) is 0 Å². The number of carbonyl (C=O) groups is 1. The molecule has 0 saturated carbocycles. The van der Waals surface area contributed by atoms with Crippen LogP contribution in [-0.2, 0) is 4.79 Å². The highest BCUT2D eigenvalue weighted by Crippen LogP contribution is 2.17. The quantitative estimate of drug-likeness (QED) is 0.797. The van der Waals surface area contributed by atoms with E-state index in [4.69, 9.17) is 5.26 Å². The number of hydrogen-bond acceptors (Lipinski definition) is 3. The van der Waals surface area contributed by atoms with Gasteiger partial charge in [-0.3, -0.25) is 4.79 Å². The molecule has 0 aromatic rings. The van der Waals surface area contributed by atoms with Crippen molar-refractivity contribution in [2.45, 2.75) is 38.6 Å². The highest BCUT2D eigenvalue weighted by atomic mass is 32.2. The average molecular weight is 226 g/mol. The second kappa shape index (κ2) is 6.73. The fourth-order valence-corrected chi connectivity index (χ4v) is 2.77. The highest BCUT2D eigenvalue weighted by molar-refractivity contribution is 7.99. The molecule has 1 heterocycles. The zero-order valence-electron chi connectivity index (χ0n) is 9.16. The number of thioether (sulfide) groups is 1. The van der Waals surface area contributed by atoms with Gasteiger partial charge in [-0.2, -0.15) is 17.0 Å². The molecule has 1 rings (SSSR count). The van der Waals surface area contributed by atoms with E-state index < -0.39 is 5.92 Å². The van der Waals surface area contributed by atoms with Crippen LogP contribution in [0.15, 0.2) is 0 Å². The van der Waals surface area contributed by atoms with Gasteiger partial charge in [-0.1, -0.05) is 13.3 Å². The lowest BCUT2D eigenvalue weighted by Crippen LogP contribution is -2.41. The van der Waals surface area contributed by atoms with Crippen LogP contribution in [0, 0.1) is 17.2 Å². The normalized spacial score (nSPS) is 22.8. The van der Waals surface area contributed by atoms with Gasteiger partial charge in [0.15, 0.2) is 0 Å². The Hall–Kier alpha value is -0.690. The number of nitrogens with zero attached hydrogens (tertiary/aromatic N) is 1. The Balaban J connectivity index is 2.35. The maximum Gasteiger partial charge on any atom is 0.237 e. The minimum Gasteiger partial charge on any atom is -0.351 e. The lowest BCUT2D eigenvalue weighted by atomic mass is 10.0. The highest BCUT2D eigenvalue weighted by Gasteiger charge is 2.21. The smallest absolute Gasteiger partial charge is 0.237 e. The Morgan fingerprint density at radius 1 is 1.73 bits per heavy atom. The maximum absolute atomic E-state index is 11.7. The van der Waals surface area contributed by atoms with Crippen LogP contribution < -0.4 is 5.32 Å². The third kappa shape index (κ3) is 4.13. The molecular weight excluding hydrogens is 208 g/mol. The van der Waals surface area contributed by atoms with E-state index in [1.54, 1.807) is 0 Å². The Morgan fingerprint density at radius 3 is 3.07 bits per heavy atom. The number of rotatable bonds is 4. The SMILES string of the molecule is CCCC(C#N)C(=O)NC1CCCSC1. The third-order valence-corrected chi connectivity index (χ3v) is 3.77. The van der Waals surface area contributed by atoms with E-state index in [9.17, 15) is 4.79 Å². The predicted octanol–water partition coefficient (Wildman–Crippen LogP) is 1.94. The minimum absolute atomic E-state index is 0.0770. The van der Waals surface area contributed by atoms with Crippen molar-refractivity contribution in [2.75, 3.05) is 11.5 Å². The first-order valence-corrected chi connectivity index (χ1v) is 6.71. The van der Waals surface area contributed by atoms with Crippen LogP contribution in [0.25, 0.3) is 0 Å². The molecule has 1 aliphatic rings. The van der Waals surface area contributed by atoms with Gasteiger partial charge in [-0.15, -0.1) is 0 Å². The van der Waals surface area contributed by atoms with Crippen molar-refractivity contribution >= 4 is 17.7 Å². The van der Waals surface area contributed by atoms with E-state index in [0.29, 0.717) is 6.42 Å². The van der Waals surface area contributed by atoms with Crippen LogP contribution in [0.2, 0.25) is 0 Å². The molecule has 84 valence electrons. The number of hydrogen-bond donors (Lipinski definition) is 1. The Kier molecular flexibility index (Phi) is 5.56. The zero-order chi connectivity index (χ0) is 11.1. The molecule has 1 aliphatic heterocycles. The van der Waals surface area contributed by atoms with E-state index in [-0.39, 0.29) is 11.9 Å². The van der Waals surface area contributed by atoms with Crippen LogP contribution in [0.5, 0.6) is 0 Å². The van der Waals surface area contributed by atoms with Gasteiger partial charge in [-0.25, -0.2) is 0 Å². The summed E-state index contributed by atoms with van der Waals surface area (Å²) in [7, 11) is 0. The summed E-state index contributed by atoms with van der Waals surface area (Å²) in [5, 5.41) is 11.8. The van der Waals surface area contributed by atoms with Crippen molar-refractivity contribution < 1.29 is 4.79 Å². The molecular formula is C11H18N2OS. The number of amides is 1. The first kappa shape index (κ1) is 12.4. The van der Waals surface area contributed by atoms with E-state index in [1.807, 2.05) is 18.7 Å². The van der Waals surface area contributed by atoms with Gasteiger partial charge >= 0.3 is 0 Å². The monoisotopic (exact) mass is 226 g/mol. The summed E-state index contributed by atoms with van der Waals surface area (Å²) in [5.41, 5.74) is 0. The van der Waals surface area contributed by atoms with E-state index in [1.165, 1.54) is 12.2 Å². The molecule has 0 aliphatic carbocycles. The van der Waals surface area contributed by atoms with Crippen molar-refractivity contribution in [3.05, 3.63) is 0 Å². The molecule has 0 spiro atoms. The summed E-state index contributed by atoms with van der Waals surface area (Å²) >= 11 is 1.88. The summed E-state index contributed by atoms with van der Waals surface area (Å²) in [6.45, 7) is 1.99. The fraction of sp³-hybridized carbons (Fsp3) is 0.818. The summed E-state index contributed by atoms with van der Waals surface area (Å²) in [4.78, 5) is 11.7. The second-order valence-electron chi connectivity index (χ2n) is 3.89. The van der Waals surface area contributed by atoms with Gasteiger partial charge in [-0.05, 0) is 25.0 Å². The van der Waals surface area contributed by atoms with Crippen LogP contribution in [0.3, 0.4) is 0 Å². The molecule has 0 bridgehead atoms. The van der Waals surface area contributed by atoms with Gasteiger partial charge in [0.2, 0.25) is 5.91 Å². The standard InChI is InChI=1S/C11H18N2OS/c1-2-4-9(7-12)11(14)13-10-5-3-6-15-8-10/h9-10H,2-6,8H2,1H3,(H,13,14). The lowest BCUT2D eigenvalue weighted by Gasteiger charge is -2.23. The third-order valence-electron chi connectivity index (χ3n) is 2.56. The topological polar surface area (TPSA) is 52.9 Å². The Bertz CT molecular complexity index is 243. The van der Waals surface area contributed by atoms with Crippen molar-refractivity contribution in [1.82, 2.24) is 5.32 Å².